The van der Waals surface area contributed by atoms with E-state index in [0.29, 0.717) is 18.4 Å². The van der Waals surface area contributed by atoms with E-state index in [4.69, 9.17) is 5.73 Å². The Morgan fingerprint density at radius 3 is 2.38 bits per heavy atom. The van der Waals surface area contributed by atoms with E-state index in [-0.39, 0.29) is 12.8 Å². The van der Waals surface area contributed by atoms with Gasteiger partial charge >= 0.3 is 6.18 Å². The van der Waals surface area contributed by atoms with Gasteiger partial charge in [0.05, 0.1) is 5.92 Å². The summed E-state index contributed by atoms with van der Waals surface area (Å²) in [6.07, 6.45) is -2.33. The molecule has 1 aromatic carbocycles. The molecule has 1 nitrogen and oxygen atoms in total. The minimum absolute atomic E-state index is 0.0969. The molecule has 0 aromatic heterocycles. The van der Waals surface area contributed by atoms with Crippen molar-refractivity contribution in [2.45, 2.75) is 44.3 Å². The van der Waals surface area contributed by atoms with Gasteiger partial charge in [0, 0.05) is 6.04 Å². The molecule has 0 heterocycles. The average Bonchev–Trinajstić information content (AvgIpc) is 2.42. The van der Waals surface area contributed by atoms with Gasteiger partial charge in [-0.15, -0.1) is 0 Å². The van der Waals surface area contributed by atoms with Crippen molar-refractivity contribution in [2.24, 2.45) is 17.6 Å². The maximum atomic E-state index is 13.1. The smallest absolute Gasteiger partial charge is 0.327 e. The minimum Gasteiger partial charge on any atom is -0.327 e. The van der Waals surface area contributed by atoms with Gasteiger partial charge in [0.25, 0.3) is 0 Å². The fraction of sp³-hybridized carbons (Fsp3) is 0.600. The lowest BCUT2D eigenvalue weighted by Gasteiger charge is -2.36. The van der Waals surface area contributed by atoms with Gasteiger partial charge in [0.1, 0.15) is 0 Å². The first-order chi connectivity index (χ1) is 9.79. The molecule has 0 bridgehead atoms. The Bertz CT molecular complexity index is 485. The van der Waals surface area contributed by atoms with Gasteiger partial charge in [-0.1, -0.05) is 18.9 Å². The summed E-state index contributed by atoms with van der Waals surface area (Å²) in [4.78, 5) is 0. The molecule has 1 aliphatic rings. The first kappa shape index (κ1) is 16.2. The summed E-state index contributed by atoms with van der Waals surface area (Å²) in [5.74, 6) is -4.03. The normalized spacial score (nSPS) is 24.9. The van der Waals surface area contributed by atoms with Gasteiger partial charge < -0.3 is 5.73 Å². The maximum Gasteiger partial charge on any atom is 0.392 e. The number of nitrogens with two attached hydrogens (primary N) is 1. The molecule has 3 unspecified atom stereocenters. The topological polar surface area (TPSA) is 26.0 Å². The van der Waals surface area contributed by atoms with Crippen LogP contribution in [0, 0.1) is 23.5 Å². The number of halogens is 5. The third-order valence-electron chi connectivity index (χ3n) is 4.25. The van der Waals surface area contributed by atoms with Crippen LogP contribution in [-0.2, 0) is 6.42 Å². The van der Waals surface area contributed by atoms with Crippen LogP contribution in [0.1, 0.15) is 31.2 Å². The van der Waals surface area contributed by atoms with E-state index in [1.165, 1.54) is 6.07 Å². The summed E-state index contributed by atoms with van der Waals surface area (Å²) in [6, 6.07) is 2.63. The highest BCUT2D eigenvalue weighted by atomic mass is 19.4. The van der Waals surface area contributed by atoms with Crippen molar-refractivity contribution in [1.29, 1.82) is 0 Å². The van der Waals surface area contributed by atoms with E-state index in [2.05, 4.69) is 0 Å². The first-order valence-corrected chi connectivity index (χ1v) is 7.05. The lowest BCUT2D eigenvalue weighted by molar-refractivity contribution is -0.198. The van der Waals surface area contributed by atoms with E-state index in [1.807, 2.05) is 0 Å². The van der Waals surface area contributed by atoms with Crippen molar-refractivity contribution < 1.29 is 22.0 Å². The fourth-order valence-electron chi connectivity index (χ4n) is 3.17. The summed E-state index contributed by atoms with van der Waals surface area (Å²) in [6.45, 7) is 0. The summed E-state index contributed by atoms with van der Waals surface area (Å²) >= 11 is 0. The van der Waals surface area contributed by atoms with Crippen molar-refractivity contribution in [3.63, 3.8) is 0 Å². The van der Waals surface area contributed by atoms with E-state index in [9.17, 15) is 22.0 Å². The molecule has 3 atom stereocenters. The molecular weight excluding hydrogens is 289 g/mol. The molecule has 1 aromatic rings. The van der Waals surface area contributed by atoms with Crippen molar-refractivity contribution in [1.82, 2.24) is 0 Å². The molecule has 1 fully saturated rings. The monoisotopic (exact) mass is 307 g/mol. The van der Waals surface area contributed by atoms with Gasteiger partial charge in [0.15, 0.2) is 11.6 Å². The largest absolute Gasteiger partial charge is 0.392 e. The van der Waals surface area contributed by atoms with Gasteiger partial charge in [-0.2, -0.15) is 13.2 Å². The molecule has 118 valence electrons. The second-order valence-electron chi connectivity index (χ2n) is 5.71. The van der Waals surface area contributed by atoms with Crippen LogP contribution in [0.3, 0.4) is 0 Å². The molecule has 0 saturated heterocycles. The maximum absolute atomic E-state index is 13.1. The second kappa shape index (κ2) is 6.30. The highest BCUT2D eigenvalue weighted by molar-refractivity contribution is 5.19. The fourth-order valence-corrected chi connectivity index (χ4v) is 3.17. The highest BCUT2D eigenvalue weighted by Gasteiger charge is 2.47. The Balaban J connectivity index is 2.10. The van der Waals surface area contributed by atoms with Crippen molar-refractivity contribution in [3.8, 4) is 0 Å². The summed E-state index contributed by atoms with van der Waals surface area (Å²) in [5, 5.41) is 0. The molecule has 0 aliphatic heterocycles. The zero-order valence-electron chi connectivity index (χ0n) is 11.5. The van der Waals surface area contributed by atoms with E-state index >= 15 is 0 Å². The molecule has 2 rings (SSSR count). The van der Waals surface area contributed by atoms with Gasteiger partial charge in [0.2, 0.25) is 0 Å². The number of hydrogen-bond donors (Lipinski definition) is 1. The lowest BCUT2D eigenvalue weighted by Crippen LogP contribution is -2.44. The van der Waals surface area contributed by atoms with E-state index in [1.54, 1.807) is 0 Å². The second-order valence-corrected chi connectivity index (χ2v) is 5.71. The molecule has 1 aliphatic carbocycles. The van der Waals surface area contributed by atoms with Crippen LogP contribution >= 0.6 is 0 Å². The Morgan fingerprint density at radius 2 is 1.76 bits per heavy atom. The standard InChI is InChI=1S/C15H18F5N/c16-12-6-5-9(7-13(12)17)8-14(21)10-3-1-2-4-11(10)15(18,19)20/h5-7,10-11,14H,1-4,8,21H2. The lowest BCUT2D eigenvalue weighted by atomic mass is 9.73. The van der Waals surface area contributed by atoms with Crippen LogP contribution in [-0.4, -0.2) is 12.2 Å². The number of alkyl halides is 3. The van der Waals surface area contributed by atoms with E-state index in [0.717, 1.165) is 18.6 Å². The zero-order valence-corrected chi connectivity index (χ0v) is 11.5. The third kappa shape index (κ3) is 3.93. The van der Waals surface area contributed by atoms with Crippen LogP contribution in [0.2, 0.25) is 0 Å². The molecule has 1 saturated carbocycles. The average molecular weight is 307 g/mol. The Hall–Kier alpha value is -1.17. The Labute approximate surface area is 120 Å². The predicted octanol–water partition coefficient (Wildman–Crippen LogP) is 4.20. The molecular formula is C15H18F5N. The highest BCUT2D eigenvalue weighted by Crippen LogP contribution is 2.42. The quantitative estimate of drug-likeness (QED) is 0.832. The molecule has 21 heavy (non-hydrogen) atoms. The van der Waals surface area contributed by atoms with Crippen LogP contribution in [0.15, 0.2) is 18.2 Å². The summed E-state index contributed by atoms with van der Waals surface area (Å²) < 4.78 is 65.1. The van der Waals surface area contributed by atoms with Gasteiger partial charge in [-0.05, 0) is 42.9 Å². The van der Waals surface area contributed by atoms with Gasteiger partial charge in [-0.3, -0.25) is 0 Å². The number of rotatable bonds is 3. The van der Waals surface area contributed by atoms with E-state index < -0.39 is 35.7 Å². The van der Waals surface area contributed by atoms with Gasteiger partial charge in [-0.25, -0.2) is 8.78 Å². The van der Waals surface area contributed by atoms with Crippen LogP contribution in [0.5, 0.6) is 0 Å². The SMILES string of the molecule is NC(Cc1ccc(F)c(F)c1)C1CCCCC1C(F)(F)F. The third-order valence-corrected chi connectivity index (χ3v) is 4.25. The molecule has 0 radical (unpaired) electrons. The molecule has 0 amide bonds. The van der Waals surface area contributed by atoms with Crippen molar-refractivity contribution in [3.05, 3.63) is 35.4 Å². The number of hydrogen-bond acceptors (Lipinski definition) is 1. The number of benzene rings is 1. The summed E-state index contributed by atoms with van der Waals surface area (Å²) in [5.41, 5.74) is 6.36. The predicted molar refractivity (Wildman–Crippen MR) is 69.5 cm³/mol. The van der Waals surface area contributed by atoms with Crippen molar-refractivity contribution >= 4 is 0 Å². The minimum atomic E-state index is -4.25. The molecule has 6 heteroatoms. The Morgan fingerprint density at radius 1 is 1.10 bits per heavy atom. The Kier molecular flexibility index (Phi) is 4.86. The molecule has 0 spiro atoms. The summed E-state index contributed by atoms with van der Waals surface area (Å²) in [7, 11) is 0. The van der Waals surface area contributed by atoms with Crippen molar-refractivity contribution in [2.75, 3.05) is 0 Å². The van der Waals surface area contributed by atoms with Crippen LogP contribution in [0.4, 0.5) is 22.0 Å². The first-order valence-electron chi connectivity index (χ1n) is 7.05. The van der Waals surface area contributed by atoms with Crippen LogP contribution in [0.25, 0.3) is 0 Å². The van der Waals surface area contributed by atoms with Crippen LogP contribution < -0.4 is 5.73 Å². The molecule has 2 N–H and O–H groups in total. The zero-order chi connectivity index (χ0) is 15.6.